The van der Waals surface area contributed by atoms with E-state index in [1.165, 1.54) is 10.9 Å². The number of carbonyl (C=O) groups is 2. The van der Waals surface area contributed by atoms with E-state index in [2.05, 4.69) is 16.4 Å². The Balaban J connectivity index is 1.14. The SMILES string of the molecule is O=C(NCCc1c[nH]c2ccccc12)C1CC(=O)N(Cc2ccc3c(c2)OCO3)C1. The van der Waals surface area contributed by atoms with Crippen LogP contribution in [0.5, 0.6) is 11.5 Å². The summed E-state index contributed by atoms with van der Waals surface area (Å²) < 4.78 is 10.7. The van der Waals surface area contributed by atoms with Crippen molar-refractivity contribution in [3.8, 4) is 11.5 Å². The Morgan fingerprint density at radius 3 is 2.97 bits per heavy atom. The van der Waals surface area contributed by atoms with Crippen LogP contribution in [0.4, 0.5) is 0 Å². The Bertz CT molecular complexity index is 1110. The molecule has 7 nitrogen and oxygen atoms in total. The number of carbonyl (C=O) groups excluding carboxylic acids is 2. The molecule has 1 saturated heterocycles. The van der Waals surface area contributed by atoms with Crippen LogP contribution in [0.3, 0.4) is 0 Å². The van der Waals surface area contributed by atoms with Gasteiger partial charge in [-0.2, -0.15) is 0 Å². The first-order valence-corrected chi connectivity index (χ1v) is 10.2. The topological polar surface area (TPSA) is 83.7 Å². The molecule has 1 aromatic heterocycles. The predicted molar refractivity (Wildman–Crippen MR) is 111 cm³/mol. The molecule has 1 atom stereocenters. The molecule has 5 rings (SSSR count). The fraction of sp³-hybridized carbons (Fsp3) is 0.304. The van der Waals surface area contributed by atoms with Crippen molar-refractivity contribution in [1.29, 1.82) is 0 Å². The minimum atomic E-state index is -0.311. The van der Waals surface area contributed by atoms with Crippen LogP contribution in [0.1, 0.15) is 17.5 Å². The van der Waals surface area contributed by atoms with E-state index in [9.17, 15) is 9.59 Å². The van der Waals surface area contributed by atoms with E-state index in [1.54, 1.807) is 4.90 Å². The van der Waals surface area contributed by atoms with E-state index in [1.807, 2.05) is 42.6 Å². The van der Waals surface area contributed by atoms with Crippen molar-refractivity contribution < 1.29 is 19.1 Å². The summed E-state index contributed by atoms with van der Waals surface area (Å²) in [5.74, 6) is 1.06. The molecule has 30 heavy (non-hydrogen) atoms. The number of nitrogens with one attached hydrogen (secondary N) is 2. The molecule has 3 aromatic rings. The van der Waals surface area contributed by atoms with Crippen LogP contribution >= 0.6 is 0 Å². The predicted octanol–water partition coefficient (Wildman–Crippen LogP) is 2.60. The van der Waals surface area contributed by atoms with Gasteiger partial charge in [-0.05, 0) is 35.7 Å². The number of benzene rings is 2. The third kappa shape index (κ3) is 3.58. The normalized spacial score (nSPS) is 17.7. The monoisotopic (exact) mass is 405 g/mol. The third-order valence-corrected chi connectivity index (χ3v) is 5.76. The number of rotatable bonds is 6. The highest BCUT2D eigenvalue weighted by Crippen LogP contribution is 2.33. The van der Waals surface area contributed by atoms with E-state index in [0.29, 0.717) is 25.4 Å². The number of likely N-dealkylation sites (tertiary alicyclic amines) is 1. The number of ether oxygens (including phenoxy) is 2. The smallest absolute Gasteiger partial charge is 0.231 e. The van der Waals surface area contributed by atoms with Gasteiger partial charge >= 0.3 is 0 Å². The van der Waals surface area contributed by atoms with Gasteiger partial charge in [0.1, 0.15) is 0 Å². The van der Waals surface area contributed by atoms with Crippen molar-refractivity contribution >= 4 is 22.7 Å². The van der Waals surface area contributed by atoms with E-state index in [-0.39, 0.29) is 30.9 Å². The molecule has 154 valence electrons. The number of nitrogens with zero attached hydrogens (tertiary/aromatic N) is 1. The molecule has 0 spiro atoms. The largest absolute Gasteiger partial charge is 0.454 e. The van der Waals surface area contributed by atoms with E-state index >= 15 is 0 Å². The Morgan fingerprint density at radius 1 is 1.17 bits per heavy atom. The van der Waals surface area contributed by atoms with Crippen LogP contribution in [0.2, 0.25) is 0 Å². The molecule has 0 bridgehead atoms. The number of para-hydroxylation sites is 1. The number of amides is 2. The average Bonchev–Trinajstić information content (AvgIpc) is 3.47. The number of H-pyrrole nitrogens is 1. The van der Waals surface area contributed by atoms with E-state index < -0.39 is 0 Å². The molecular formula is C23H23N3O4. The summed E-state index contributed by atoms with van der Waals surface area (Å²) in [7, 11) is 0. The molecule has 0 radical (unpaired) electrons. The molecule has 2 aromatic carbocycles. The molecule has 2 aliphatic rings. The van der Waals surface area contributed by atoms with E-state index in [0.717, 1.165) is 23.3 Å². The zero-order chi connectivity index (χ0) is 20.5. The molecule has 2 N–H and O–H groups in total. The Hall–Kier alpha value is -3.48. The summed E-state index contributed by atoms with van der Waals surface area (Å²) in [5.41, 5.74) is 3.24. The molecule has 2 amide bonds. The van der Waals surface area contributed by atoms with Crippen LogP contribution < -0.4 is 14.8 Å². The number of fused-ring (bicyclic) bond motifs is 2. The van der Waals surface area contributed by atoms with Crippen LogP contribution in [0.15, 0.2) is 48.7 Å². The summed E-state index contributed by atoms with van der Waals surface area (Å²) in [4.78, 5) is 30.0. The van der Waals surface area contributed by atoms with Gasteiger partial charge in [-0.25, -0.2) is 0 Å². The van der Waals surface area contributed by atoms with Crippen molar-refractivity contribution in [2.45, 2.75) is 19.4 Å². The summed E-state index contributed by atoms with van der Waals surface area (Å²) in [5, 5.41) is 4.18. The fourth-order valence-electron chi connectivity index (χ4n) is 4.16. The second-order valence-corrected chi connectivity index (χ2v) is 7.76. The van der Waals surface area contributed by atoms with Crippen molar-refractivity contribution in [3.63, 3.8) is 0 Å². The van der Waals surface area contributed by atoms with Gasteiger partial charge in [-0.15, -0.1) is 0 Å². The summed E-state index contributed by atoms with van der Waals surface area (Å²) in [6.07, 6.45) is 2.99. The highest BCUT2D eigenvalue weighted by Gasteiger charge is 2.34. The standard InChI is InChI=1S/C23H23N3O4/c27-22-10-17(13-26(22)12-15-5-6-20-21(9-15)30-14-29-20)23(28)24-8-7-16-11-25-19-4-2-1-3-18(16)19/h1-6,9,11,17,25H,7-8,10,12-14H2,(H,24,28). The molecular weight excluding hydrogens is 382 g/mol. The number of aromatic amines is 1. The van der Waals surface area contributed by atoms with Gasteiger partial charge in [0.05, 0.1) is 5.92 Å². The quantitative estimate of drug-likeness (QED) is 0.660. The fourth-order valence-corrected chi connectivity index (χ4v) is 4.16. The number of aromatic nitrogens is 1. The second-order valence-electron chi connectivity index (χ2n) is 7.76. The summed E-state index contributed by atoms with van der Waals surface area (Å²) in [6, 6.07) is 13.8. The zero-order valence-electron chi connectivity index (χ0n) is 16.5. The molecule has 0 aliphatic carbocycles. The van der Waals surface area contributed by atoms with E-state index in [4.69, 9.17) is 9.47 Å². The van der Waals surface area contributed by atoms with Crippen LogP contribution in [0.25, 0.3) is 10.9 Å². The molecule has 3 heterocycles. The lowest BCUT2D eigenvalue weighted by molar-refractivity contribution is -0.129. The zero-order valence-corrected chi connectivity index (χ0v) is 16.5. The van der Waals surface area contributed by atoms with Crippen molar-refractivity contribution in [1.82, 2.24) is 15.2 Å². The summed E-state index contributed by atoms with van der Waals surface area (Å²) in [6.45, 7) is 1.68. The molecule has 1 fully saturated rings. The van der Waals surface area contributed by atoms with Gasteiger partial charge in [-0.3, -0.25) is 9.59 Å². The molecule has 1 unspecified atom stereocenters. The maximum absolute atomic E-state index is 12.6. The minimum Gasteiger partial charge on any atom is -0.454 e. The second kappa shape index (κ2) is 7.74. The van der Waals surface area contributed by atoms with Gasteiger partial charge in [-0.1, -0.05) is 24.3 Å². The minimum absolute atomic E-state index is 0.00412. The van der Waals surface area contributed by atoms with Gasteiger partial charge in [0.2, 0.25) is 18.6 Å². The Labute approximate surface area is 174 Å². The van der Waals surface area contributed by atoms with Gasteiger partial charge < -0.3 is 24.7 Å². The maximum Gasteiger partial charge on any atom is 0.231 e. The maximum atomic E-state index is 12.6. The summed E-state index contributed by atoms with van der Waals surface area (Å²) >= 11 is 0. The number of hydrogen-bond donors (Lipinski definition) is 2. The van der Waals surface area contributed by atoms with Crippen LogP contribution in [-0.4, -0.2) is 41.6 Å². The first-order chi connectivity index (χ1) is 14.7. The van der Waals surface area contributed by atoms with Gasteiger partial charge in [0.25, 0.3) is 0 Å². The van der Waals surface area contributed by atoms with Crippen molar-refractivity contribution in [2.75, 3.05) is 19.9 Å². The lowest BCUT2D eigenvalue weighted by Crippen LogP contribution is -2.34. The molecule has 2 aliphatic heterocycles. The number of hydrogen-bond acceptors (Lipinski definition) is 4. The third-order valence-electron chi connectivity index (χ3n) is 5.76. The molecule has 7 heteroatoms. The Kier molecular flexibility index (Phi) is 4.78. The highest BCUT2D eigenvalue weighted by atomic mass is 16.7. The first-order valence-electron chi connectivity index (χ1n) is 10.2. The molecule has 0 saturated carbocycles. The van der Waals surface area contributed by atoms with Gasteiger partial charge in [0, 0.05) is 43.2 Å². The Morgan fingerprint density at radius 2 is 2.03 bits per heavy atom. The highest BCUT2D eigenvalue weighted by molar-refractivity contribution is 5.89. The van der Waals surface area contributed by atoms with Crippen LogP contribution in [0, 0.1) is 5.92 Å². The van der Waals surface area contributed by atoms with Crippen LogP contribution in [-0.2, 0) is 22.6 Å². The average molecular weight is 405 g/mol. The van der Waals surface area contributed by atoms with Crippen molar-refractivity contribution in [2.24, 2.45) is 5.92 Å². The lowest BCUT2D eigenvalue weighted by atomic mass is 10.1. The lowest BCUT2D eigenvalue weighted by Gasteiger charge is -2.17. The van der Waals surface area contributed by atoms with Gasteiger partial charge in [0.15, 0.2) is 11.5 Å². The van der Waals surface area contributed by atoms with Crippen molar-refractivity contribution in [3.05, 3.63) is 59.8 Å². The first kappa shape index (κ1) is 18.5.